The molecule has 108 valence electrons. The van der Waals surface area contributed by atoms with Gasteiger partial charge in [-0.1, -0.05) is 42.0 Å². The number of rotatable bonds is 1. The molecule has 4 rings (SSSR count). The Morgan fingerprint density at radius 3 is 2.76 bits per heavy atom. The largest absolute Gasteiger partial charge is 0.481 e. The van der Waals surface area contributed by atoms with Gasteiger partial charge in [-0.25, -0.2) is 0 Å². The number of fused-ring (bicyclic) bond motifs is 3. The first-order chi connectivity index (χ1) is 10.2. The quantitative estimate of drug-likeness (QED) is 0.842. The molecule has 3 unspecified atom stereocenters. The first-order valence-electron chi connectivity index (χ1n) is 7.93. The van der Waals surface area contributed by atoms with Crippen LogP contribution in [0.2, 0.25) is 0 Å². The van der Waals surface area contributed by atoms with E-state index >= 15 is 0 Å². The standard InChI is InChI=1S/C19H20O2/c20-19(21)15-6-5-14-9-17-7-12-3-1-2-4-13(12)8-18(17)11-16(14)10-15/h1-4,8,11,14-15,17H,5-7,9-10H2,(H,20,21). The van der Waals surface area contributed by atoms with E-state index in [0.29, 0.717) is 11.8 Å². The van der Waals surface area contributed by atoms with Crippen molar-refractivity contribution in [2.45, 2.75) is 32.1 Å². The lowest BCUT2D eigenvalue weighted by Gasteiger charge is -2.38. The minimum Gasteiger partial charge on any atom is -0.481 e. The molecule has 3 aliphatic rings. The van der Waals surface area contributed by atoms with Crippen LogP contribution < -0.4 is 0 Å². The first kappa shape index (κ1) is 12.9. The Labute approximate surface area is 125 Å². The molecule has 2 nitrogen and oxygen atoms in total. The van der Waals surface area contributed by atoms with Crippen LogP contribution in [0.25, 0.3) is 6.08 Å². The van der Waals surface area contributed by atoms with Gasteiger partial charge in [-0.05, 0) is 60.6 Å². The van der Waals surface area contributed by atoms with Crippen LogP contribution in [0.5, 0.6) is 0 Å². The van der Waals surface area contributed by atoms with Gasteiger partial charge in [-0.15, -0.1) is 0 Å². The summed E-state index contributed by atoms with van der Waals surface area (Å²) in [5.74, 6) is 0.461. The van der Waals surface area contributed by atoms with Crippen molar-refractivity contribution in [2.75, 3.05) is 0 Å². The molecule has 1 fully saturated rings. The van der Waals surface area contributed by atoms with Gasteiger partial charge in [0, 0.05) is 0 Å². The van der Waals surface area contributed by atoms with Gasteiger partial charge in [0.2, 0.25) is 0 Å². The van der Waals surface area contributed by atoms with E-state index in [1.54, 1.807) is 0 Å². The number of benzene rings is 1. The minimum atomic E-state index is -0.626. The molecule has 0 saturated heterocycles. The van der Waals surface area contributed by atoms with E-state index in [-0.39, 0.29) is 5.92 Å². The molecule has 0 aromatic heterocycles. The van der Waals surface area contributed by atoms with Gasteiger partial charge in [0.25, 0.3) is 0 Å². The topological polar surface area (TPSA) is 37.3 Å². The van der Waals surface area contributed by atoms with Gasteiger partial charge in [-0.3, -0.25) is 4.79 Å². The number of carbonyl (C=O) groups is 1. The molecule has 1 saturated carbocycles. The van der Waals surface area contributed by atoms with Gasteiger partial charge < -0.3 is 5.11 Å². The van der Waals surface area contributed by atoms with Crippen molar-refractivity contribution in [3.8, 4) is 0 Å². The fraction of sp³-hybridized carbons (Fsp3) is 0.421. The van der Waals surface area contributed by atoms with Gasteiger partial charge in [0.1, 0.15) is 0 Å². The Morgan fingerprint density at radius 1 is 1.05 bits per heavy atom. The van der Waals surface area contributed by atoms with Gasteiger partial charge in [0.05, 0.1) is 5.92 Å². The minimum absolute atomic E-state index is 0.166. The normalized spacial score (nSPS) is 30.4. The second kappa shape index (κ2) is 4.87. The molecule has 0 heterocycles. The number of carboxylic acids is 1. The monoisotopic (exact) mass is 280 g/mol. The third-order valence-electron chi connectivity index (χ3n) is 5.46. The molecule has 1 N–H and O–H groups in total. The van der Waals surface area contributed by atoms with Crippen LogP contribution in [0.3, 0.4) is 0 Å². The highest BCUT2D eigenvalue weighted by Gasteiger charge is 2.35. The molecule has 0 bridgehead atoms. The number of hydrogen-bond acceptors (Lipinski definition) is 1. The number of aliphatic carboxylic acids is 1. The number of allylic oxidation sites excluding steroid dienone is 3. The molecule has 3 atom stereocenters. The highest BCUT2D eigenvalue weighted by Crippen LogP contribution is 2.46. The third kappa shape index (κ3) is 2.23. The maximum absolute atomic E-state index is 11.2. The van der Waals surface area contributed by atoms with E-state index in [2.05, 4.69) is 36.4 Å². The molecule has 3 aliphatic carbocycles. The molecule has 21 heavy (non-hydrogen) atoms. The molecule has 1 aromatic carbocycles. The smallest absolute Gasteiger partial charge is 0.306 e. The highest BCUT2D eigenvalue weighted by atomic mass is 16.4. The van der Waals surface area contributed by atoms with Crippen LogP contribution in [-0.2, 0) is 11.2 Å². The summed E-state index contributed by atoms with van der Waals surface area (Å²) in [6, 6.07) is 8.64. The van der Waals surface area contributed by atoms with Crippen molar-refractivity contribution in [3.05, 3.63) is 52.6 Å². The van der Waals surface area contributed by atoms with E-state index in [9.17, 15) is 9.90 Å². The van der Waals surface area contributed by atoms with Crippen LogP contribution in [0.15, 0.2) is 41.5 Å². The van der Waals surface area contributed by atoms with Gasteiger partial charge in [0.15, 0.2) is 0 Å². The fourth-order valence-electron chi connectivity index (χ4n) is 4.28. The summed E-state index contributed by atoms with van der Waals surface area (Å²) in [7, 11) is 0. The van der Waals surface area contributed by atoms with Crippen molar-refractivity contribution in [1.82, 2.24) is 0 Å². The Bertz CT molecular complexity index is 653. The van der Waals surface area contributed by atoms with Crippen LogP contribution in [0.1, 0.15) is 36.8 Å². The van der Waals surface area contributed by atoms with Crippen molar-refractivity contribution in [2.24, 2.45) is 17.8 Å². The SMILES string of the molecule is O=C(O)C1CCC2CC3Cc4ccccc4C=C3C=C2C1. The Kier molecular flexibility index (Phi) is 2.99. The molecular formula is C19H20O2. The second-order valence-electron chi connectivity index (χ2n) is 6.71. The molecule has 0 radical (unpaired) electrons. The number of hydrogen-bond donors (Lipinski definition) is 1. The third-order valence-corrected chi connectivity index (χ3v) is 5.46. The van der Waals surface area contributed by atoms with Crippen molar-refractivity contribution >= 4 is 12.0 Å². The van der Waals surface area contributed by atoms with Gasteiger partial charge in [-0.2, -0.15) is 0 Å². The summed E-state index contributed by atoms with van der Waals surface area (Å²) < 4.78 is 0. The van der Waals surface area contributed by atoms with Crippen molar-refractivity contribution in [1.29, 1.82) is 0 Å². The summed E-state index contributed by atoms with van der Waals surface area (Å²) in [5.41, 5.74) is 5.61. The average molecular weight is 280 g/mol. The average Bonchev–Trinajstić information content (AvgIpc) is 2.50. The predicted molar refractivity (Wildman–Crippen MR) is 82.8 cm³/mol. The van der Waals surface area contributed by atoms with E-state index < -0.39 is 5.97 Å². The Morgan fingerprint density at radius 2 is 1.90 bits per heavy atom. The molecule has 0 amide bonds. The zero-order valence-corrected chi connectivity index (χ0v) is 12.1. The van der Waals surface area contributed by atoms with Crippen LogP contribution >= 0.6 is 0 Å². The van der Waals surface area contributed by atoms with E-state index in [0.717, 1.165) is 25.7 Å². The Hall–Kier alpha value is -1.83. The maximum Gasteiger partial charge on any atom is 0.306 e. The molecule has 0 spiro atoms. The molecule has 1 aromatic rings. The van der Waals surface area contributed by atoms with E-state index in [1.807, 2.05) is 0 Å². The zero-order chi connectivity index (χ0) is 14.4. The lowest BCUT2D eigenvalue weighted by Crippen LogP contribution is -2.29. The molecule has 0 aliphatic heterocycles. The first-order valence-corrected chi connectivity index (χ1v) is 7.93. The summed E-state index contributed by atoms with van der Waals surface area (Å²) in [6.07, 6.45) is 9.64. The summed E-state index contributed by atoms with van der Waals surface area (Å²) >= 11 is 0. The lowest BCUT2D eigenvalue weighted by atomic mass is 9.66. The molecular weight excluding hydrogens is 260 g/mol. The van der Waals surface area contributed by atoms with Crippen LogP contribution in [0, 0.1) is 17.8 Å². The Balaban J connectivity index is 1.68. The van der Waals surface area contributed by atoms with E-state index in [4.69, 9.17) is 0 Å². The lowest BCUT2D eigenvalue weighted by molar-refractivity contribution is -0.142. The van der Waals surface area contributed by atoms with Crippen LogP contribution in [-0.4, -0.2) is 11.1 Å². The number of carboxylic acid groups (broad SMARTS) is 1. The van der Waals surface area contributed by atoms with E-state index in [1.165, 1.54) is 28.7 Å². The van der Waals surface area contributed by atoms with Crippen molar-refractivity contribution in [3.63, 3.8) is 0 Å². The summed E-state index contributed by atoms with van der Waals surface area (Å²) in [4.78, 5) is 11.2. The molecule has 2 heteroatoms. The van der Waals surface area contributed by atoms with Crippen LogP contribution in [0.4, 0.5) is 0 Å². The fourth-order valence-corrected chi connectivity index (χ4v) is 4.28. The van der Waals surface area contributed by atoms with Gasteiger partial charge >= 0.3 is 5.97 Å². The van der Waals surface area contributed by atoms with Crippen molar-refractivity contribution < 1.29 is 9.90 Å². The maximum atomic E-state index is 11.2. The summed E-state index contributed by atoms with van der Waals surface area (Å²) in [6.45, 7) is 0. The summed E-state index contributed by atoms with van der Waals surface area (Å²) in [5, 5.41) is 9.25. The predicted octanol–water partition coefficient (Wildman–Crippen LogP) is 4.07. The zero-order valence-electron chi connectivity index (χ0n) is 12.1. The second-order valence-corrected chi connectivity index (χ2v) is 6.71. The highest BCUT2D eigenvalue weighted by molar-refractivity contribution is 5.71.